The Hall–Kier alpha value is -2.23. The molecule has 2 aromatic rings. The van der Waals surface area contributed by atoms with Gasteiger partial charge in [-0.05, 0) is 31.2 Å². The third kappa shape index (κ3) is 4.91. The maximum atomic E-state index is 12.8. The Morgan fingerprint density at radius 1 is 1.20 bits per heavy atom. The Labute approximate surface area is 179 Å². The van der Waals surface area contributed by atoms with Crippen molar-refractivity contribution in [3.63, 3.8) is 0 Å². The predicted molar refractivity (Wildman–Crippen MR) is 115 cm³/mol. The highest BCUT2D eigenvalue weighted by atomic mass is 32.2. The molecule has 0 atom stereocenters. The molecule has 1 aliphatic carbocycles. The highest BCUT2D eigenvalue weighted by Gasteiger charge is 2.22. The molecule has 9 heteroatoms. The normalized spacial score (nSPS) is 16.5. The molecule has 0 amide bonds. The number of nitro benzene ring substituents is 1. The van der Waals surface area contributed by atoms with Crippen molar-refractivity contribution in [2.24, 2.45) is 0 Å². The van der Waals surface area contributed by atoms with E-state index in [0.29, 0.717) is 12.3 Å². The lowest BCUT2D eigenvalue weighted by molar-refractivity contribution is -0.384. The van der Waals surface area contributed by atoms with Gasteiger partial charge in [0.15, 0.2) is 0 Å². The molecule has 160 valence electrons. The summed E-state index contributed by atoms with van der Waals surface area (Å²) in [6.45, 7) is 5.15. The van der Waals surface area contributed by atoms with Gasteiger partial charge < -0.3 is 4.74 Å². The van der Waals surface area contributed by atoms with Gasteiger partial charge in [-0.1, -0.05) is 12.1 Å². The van der Waals surface area contributed by atoms with Crippen LogP contribution in [0.4, 0.5) is 5.69 Å². The molecule has 1 aromatic carbocycles. The summed E-state index contributed by atoms with van der Waals surface area (Å²) in [7, 11) is 0. The first-order valence-electron chi connectivity index (χ1n) is 10.4. The van der Waals surface area contributed by atoms with Gasteiger partial charge in [-0.25, -0.2) is 4.79 Å². The standard InChI is InChI=1S/C21H26N4O4S/c26-21-22-20(30-15-16-4-1-5-17(14-16)25(27)28)18-6-2-7-19(18)24(21)9-3-8-23-10-12-29-13-11-23/h1,4-5,14H,2-3,6-13,15H2. The average Bonchev–Trinajstić information content (AvgIpc) is 3.25. The second-order valence-electron chi connectivity index (χ2n) is 7.65. The number of thioether (sulfide) groups is 1. The molecule has 2 heterocycles. The number of morpholine rings is 1. The van der Waals surface area contributed by atoms with Crippen molar-refractivity contribution < 1.29 is 9.66 Å². The minimum Gasteiger partial charge on any atom is -0.379 e. The largest absolute Gasteiger partial charge is 0.379 e. The summed E-state index contributed by atoms with van der Waals surface area (Å²) in [6, 6.07) is 6.63. The van der Waals surface area contributed by atoms with Crippen molar-refractivity contribution in [3.05, 3.63) is 61.7 Å². The molecule has 2 aliphatic rings. The number of nitro groups is 1. The molecule has 1 fully saturated rings. The first-order valence-corrected chi connectivity index (χ1v) is 11.4. The number of ether oxygens (including phenoxy) is 1. The van der Waals surface area contributed by atoms with Gasteiger partial charge in [-0.15, -0.1) is 11.8 Å². The van der Waals surface area contributed by atoms with Gasteiger partial charge in [-0.3, -0.25) is 19.6 Å². The van der Waals surface area contributed by atoms with Crippen LogP contribution in [0.1, 0.15) is 29.7 Å². The molecule has 8 nitrogen and oxygen atoms in total. The fourth-order valence-electron chi connectivity index (χ4n) is 4.12. The molecule has 0 N–H and O–H groups in total. The molecule has 4 rings (SSSR count). The summed E-state index contributed by atoms with van der Waals surface area (Å²) >= 11 is 1.50. The topological polar surface area (TPSA) is 90.5 Å². The fraction of sp³-hybridized carbons (Fsp3) is 0.524. The van der Waals surface area contributed by atoms with Crippen LogP contribution >= 0.6 is 11.8 Å². The summed E-state index contributed by atoms with van der Waals surface area (Å²) < 4.78 is 7.25. The van der Waals surface area contributed by atoms with E-state index >= 15 is 0 Å². The van der Waals surface area contributed by atoms with E-state index in [2.05, 4.69) is 9.88 Å². The third-order valence-corrected chi connectivity index (χ3v) is 6.75. The van der Waals surface area contributed by atoms with Crippen LogP contribution in [0, 0.1) is 10.1 Å². The monoisotopic (exact) mass is 430 g/mol. The number of nitrogens with zero attached hydrogens (tertiary/aromatic N) is 4. The lowest BCUT2D eigenvalue weighted by atomic mass is 10.2. The zero-order chi connectivity index (χ0) is 20.9. The van der Waals surface area contributed by atoms with Crippen LogP contribution < -0.4 is 5.69 Å². The second-order valence-corrected chi connectivity index (χ2v) is 8.62. The summed E-state index contributed by atoms with van der Waals surface area (Å²) in [5.74, 6) is 0.557. The van der Waals surface area contributed by atoms with Crippen LogP contribution in [-0.4, -0.2) is 52.2 Å². The van der Waals surface area contributed by atoms with E-state index < -0.39 is 0 Å². The van der Waals surface area contributed by atoms with E-state index in [1.165, 1.54) is 23.4 Å². The van der Waals surface area contributed by atoms with Gasteiger partial charge in [-0.2, -0.15) is 4.98 Å². The van der Waals surface area contributed by atoms with Crippen LogP contribution in [0.15, 0.2) is 34.1 Å². The lowest BCUT2D eigenvalue weighted by Crippen LogP contribution is -2.37. The van der Waals surface area contributed by atoms with E-state index in [1.54, 1.807) is 12.1 Å². The van der Waals surface area contributed by atoms with Crippen LogP contribution in [-0.2, 0) is 29.9 Å². The molecular formula is C21H26N4O4S. The molecule has 1 aromatic heterocycles. The van der Waals surface area contributed by atoms with Crippen molar-refractivity contribution in [1.29, 1.82) is 0 Å². The van der Waals surface area contributed by atoms with Crippen molar-refractivity contribution in [1.82, 2.24) is 14.5 Å². The summed E-state index contributed by atoms with van der Waals surface area (Å²) in [6.07, 6.45) is 3.81. The molecule has 0 bridgehead atoms. The molecule has 0 radical (unpaired) electrons. The third-order valence-electron chi connectivity index (χ3n) is 5.66. The van der Waals surface area contributed by atoms with E-state index in [1.807, 2.05) is 10.6 Å². The zero-order valence-electron chi connectivity index (χ0n) is 16.9. The smallest absolute Gasteiger partial charge is 0.348 e. The minimum atomic E-state index is -0.387. The van der Waals surface area contributed by atoms with Crippen LogP contribution in [0.25, 0.3) is 0 Å². The maximum absolute atomic E-state index is 12.8. The fourth-order valence-corrected chi connectivity index (χ4v) is 5.14. The predicted octanol–water partition coefficient (Wildman–Crippen LogP) is 2.65. The van der Waals surface area contributed by atoms with E-state index in [-0.39, 0.29) is 16.3 Å². The molecule has 0 unspecified atom stereocenters. The molecule has 30 heavy (non-hydrogen) atoms. The van der Waals surface area contributed by atoms with Crippen LogP contribution in [0.5, 0.6) is 0 Å². The molecule has 0 saturated carbocycles. The Balaban J connectivity index is 1.44. The van der Waals surface area contributed by atoms with Gasteiger partial charge in [0.05, 0.1) is 18.1 Å². The molecule has 0 spiro atoms. The Bertz CT molecular complexity index is 972. The SMILES string of the molecule is O=c1nc(SCc2cccc([N+](=O)[O-])c2)c2c(n1CCCN1CCOCC1)CCC2. The van der Waals surface area contributed by atoms with Gasteiger partial charge >= 0.3 is 5.69 Å². The number of non-ortho nitro benzene ring substituents is 1. The van der Waals surface area contributed by atoms with Crippen LogP contribution in [0.3, 0.4) is 0 Å². The van der Waals surface area contributed by atoms with Gasteiger partial charge in [0.2, 0.25) is 0 Å². The van der Waals surface area contributed by atoms with E-state index in [0.717, 1.165) is 74.8 Å². The number of aromatic nitrogens is 2. The summed E-state index contributed by atoms with van der Waals surface area (Å²) in [4.78, 5) is 30.1. The second kappa shape index (κ2) is 9.72. The first-order chi connectivity index (χ1) is 14.6. The zero-order valence-corrected chi connectivity index (χ0v) is 17.7. The van der Waals surface area contributed by atoms with Gasteiger partial charge in [0.25, 0.3) is 5.69 Å². The number of fused-ring (bicyclic) bond motifs is 1. The number of hydrogen-bond donors (Lipinski definition) is 0. The molecular weight excluding hydrogens is 404 g/mol. The Morgan fingerprint density at radius 2 is 2.03 bits per heavy atom. The van der Waals surface area contributed by atoms with E-state index in [4.69, 9.17) is 4.74 Å². The number of rotatable bonds is 8. The highest BCUT2D eigenvalue weighted by Crippen LogP contribution is 2.31. The van der Waals surface area contributed by atoms with Crippen molar-refractivity contribution >= 4 is 17.4 Å². The van der Waals surface area contributed by atoms with Gasteiger partial charge in [0, 0.05) is 55.3 Å². The summed E-state index contributed by atoms with van der Waals surface area (Å²) in [5.41, 5.74) is 3.06. The Morgan fingerprint density at radius 3 is 2.83 bits per heavy atom. The first kappa shape index (κ1) is 21.0. The Kier molecular flexibility index (Phi) is 6.81. The van der Waals surface area contributed by atoms with Crippen molar-refractivity contribution in [2.75, 3.05) is 32.8 Å². The maximum Gasteiger partial charge on any atom is 0.348 e. The number of hydrogen-bond acceptors (Lipinski definition) is 7. The molecule has 1 aliphatic heterocycles. The quantitative estimate of drug-likeness (QED) is 0.275. The average molecular weight is 431 g/mol. The highest BCUT2D eigenvalue weighted by molar-refractivity contribution is 7.98. The van der Waals surface area contributed by atoms with Crippen molar-refractivity contribution in [2.45, 2.75) is 43.0 Å². The van der Waals surface area contributed by atoms with Crippen molar-refractivity contribution in [3.8, 4) is 0 Å². The van der Waals surface area contributed by atoms with E-state index in [9.17, 15) is 14.9 Å². The van der Waals surface area contributed by atoms with Crippen LogP contribution in [0.2, 0.25) is 0 Å². The lowest BCUT2D eigenvalue weighted by Gasteiger charge is -2.26. The van der Waals surface area contributed by atoms with Gasteiger partial charge in [0.1, 0.15) is 5.03 Å². The number of benzene rings is 1. The molecule has 1 saturated heterocycles. The minimum absolute atomic E-state index is 0.0852. The summed E-state index contributed by atoms with van der Waals surface area (Å²) in [5, 5.41) is 11.8.